The van der Waals surface area contributed by atoms with Crippen molar-refractivity contribution in [2.24, 2.45) is 0 Å². The maximum atomic E-state index is 13.7. The lowest BCUT2D eigenvalue weighted by molar-refractivity contribution is -0.116. The Morgan fingerprint density at radius 1 is 0.780 bits per heavy atom. The standard InChI is InChI=1S/C41H38ClN3O4S/c1-26(2)29-17-15-28(16-18-29)24-36(45-39(46)31-13-9-6-10-14-31)40(47)43-32-19-21-33(22-20-32)50-38(30-11-7-5-8-12-30)41(48)44-35-23-27(3)34(42)25-37(35)49-4/h5-26,38H,1-4H3,(H,43,47)(H,44,48)(H,45,46)/b36-24-. The van der Waals surface area contributed by atoms with Crippen LogP contribution in [0.4, 0.5) is 11.4 Å². The number of amides is 3. The van der Waals surface area contributed by atoms with E-state index in [0.29, 0.717) is 33.6 Å². The van der Waals surface area contributed by atoms with E-state index in [4.69, 9.17) is 16.3 Å². The van der Waals surface area contributed by atoms with Gasteiger partial charge in [-0.05, 0) is 83.6 Å². The zero-order valence-corrected chi connectivity index (χ0v) is 29.8. The van der Waals surface area contributed by atoms with E-state index in [9.17, 15) is 14.4 Å². The van der Waals surface area contributed by atoms with E-state index in [1.807, 2.05) is 79.7 Å². The molecule has 3 amide bonds. The lowest BCUT2D eigenvalue weighted by Gasteiger charge is -2.19. The Hall–Kier alpha value is -5.31. The summed E-state index contributed by atoms with van der Waals surface area (Å²) in [5.41, 5.74) is 5.16. The highest BCUT2D eigenvalue weighted by Crippen LogP contribution is 2.38. The van der Waals surface area contributed by atoms with Gasteiger partial charge in [0.05, 0.1) is 12.8 Å². The molecule has 0 saturated heterocycles. The summed E-state index contributed by atoms with van der Waals surface area (Å²) in [5, 5.41) is 8.65. The van der Waals surface area contributed by atoms with Crippen molar-refractivity contribution in [1.82, 2.24) is 5.32 Å². The third kappa shape index (κ3) is 9.43. The number of ether oxygens (including phenoxy) is 1. The Labute approximate surface area is 302 Å². The molecule has 0 fully saturated rings. The van der Waals surface area contributed by atoms with Crippen LogP contribution in [-0.4, -0.2) is 24.8 Å². The number of halogens is 1. The molecule has 50 heavy (non-hydrogen) atoms. The molecule has 1 unspecified atom stereocenters. The maximum Gasteiger partial charge on any atom is 0.272 e. The van der Waals surface area contributed by atoms with Crippen LogP contribution in [0, 0.1) is 6.92 Å². The van der Waals surface area contributed by atoms with Gasteiger partial charge in [0.1, 0.15) is 16.7 Å². The van der Waals surface area contributed by atoms with E-state index < -0.39 is 17.1 Å². The molecule has 1 atom stereocenters. The third-order valence-electron chi connectivity index (χ3n) is 7.89. The van der Waals surface area contributed by atoms with Crippen LogP contribution >= 0.6 is 23.4 Å². The van der Waals surface area contributed by atoms with Gasteiger partial charge in [0.25, 0.3) is 11.8 Å². The lowest BCUT2D eigenvalue weighted by Crippen LogP contribution is -2.30. The number of hydrogen-bond acceptors (Lipinski definition) is 5. The smallest absolute Gasteiger partial charge is 0.272 e. The van der Waals surface area contributed by atoms with Gasteiger partial charge in [-0.15, -0.1) is 11.8 Å². The van der Waals surface area contributed by atoms with Crippen LogP contribution in [0.25, 0.3) is 6.08 Å². The van der Waals surface area contributed by atoms with Gasteiger partial charge >= 0.3 is 0 Å². The molecule has 254 valence electrons. The lowest BCUT2D eigenvalue weighted by atomic mass is 10.0. The normalized spacial score (nSPS) is 11.8. The molecule has 7 nitrogen and oxygen atoms in total. The summed E-state index contributed by atoms with van der Waals surface area (Å²) in [6.45, 7) is 6.09. The SMILES string of the molecule is COc1cc(Cl)c(C)cc1NC(=O)C(Sc1ccc(NC(=O)/C(=C/c2ccc(C(C)C)cc2)NC(=O)c2ccccc2)cc1)c1ccccc1. The summed E-state index contributed by atoms with van der Waals surface area (Å²) in [7, 11) is 1.53. The van der Waals surface area contributed by atoms with Crippen LogP contribution in [0.15, 0.2) is 132 Å². The molecular weight excluding hydrogens is 666 g/mol. The summed E-state index contributed by atoms with van der Waals surface area (Å²) in [6, 6.07) is 36.8. The van der Waals surface area contributed by atoms with E-state index in [-0.39, 0.29) is 11.6 Å². The van der Waals surface area contributed by atoms with Gasteiger partial charge < -0.3 is 20.7 Å². The van der Waals surface area contributed by atoms with Crippen molar-refractivity contribution in [3.05, 3.63) is 160 Å². The molecule has 0 radical (unpaired) electrons. The molecule has 0 aliphatic rings. The van der Waals surface area contributed by atoms with Gasteiger partial charge in [0.15, 0.2) is 0 Å². The molecule has 0 bridgehead atoms. The first-order valence-corrected chi connectivity index (χ1v) is 17.3. The van der Waals surface area contributed by atoms with E-state index in [0.717, 1.165) is 21.6 Å². The summed E-state index contributed by atoms with van der Waals surface area (Å²) in [6.07, 6.45) is 1.66. The minimum absolute atomic E-state index is 0.100. The summed E-state index contributed by atoms with van der Waals surface area (Å²) >= 11 is 7.66. The fourth-order valence-corrected chi connectivity index (χ4v) is 6.24. The van der Waals surface area contributed by atoms with E-state index in [1.54, 1.807) is 54.6 Å². The van der Waals surface area contributed by atoms with Crippen molar-refractivity contribution >= 4 is 58.5 Å². The molecule has 5 rings (SSSR count). The average Bonchev–Trinajstić information content (AvgIpc) is 3.13. The molecule has 0 spiro atoms. The number of rotatable bonds is 12. The predicted octanol–water partition coefficient (Wildman–Crippen LogP) is 9.66. The van der Waals surface area contributed by atoms with Crippen LogP contribution in [0.1, 0.15) is 57.6 Å². The zero-order chi connectivity index (χ0) is 35.6. The van der Waals surface area contributed by atoms with E-state index in [2.05, 4.69) is 29.8 Å². The van der Waals surface area contributed by atoms with Crippen molar-refractivity contribution < 1.29 is 19.1 Å². The van der Waals surface area contributed by atoms with Crippen molar-refractivity contribution in [3.63, 3.8) is 0 Å². The number of benzene rings is 5. The monoisotopic (exact) mass is 703 g/mol. The zero-order valence-electron chi connectivity index (χ0n) is 28.2. The van der Waals surface area contributed by atoms with Crippen LogP contribution in [0.2, 0.25) is 5.02 Å². The van der Waals surface area contributed by atoms with Crippen LogP contribution in [0.5, 0.6) is 5.75 Å². The van der Waals surface area contributed by atoms with Crippen molar-refractivity contribution in [3.8, 4) is 5.75 Å². The molecule has 0 aromatic heterocycles. The number of anilines is 2. The van der Waals surface area contributed by atoms with Gasteiger partial charge in [-0.1, -0.05) is 98.2 Å². The molecule has 0 aliphatic heterocycles. The number of hydrogen-bond donors (Lipinski definition) is 3. The minimum Gasteiger partial charge on any atom is -0.495 e. The second-order valence-electron chi connectivity index (χ2n) is 11.9. The fraction of sp³-hybridized carbons (Fsp3) is 0.146. The highest BCUT2D eigenvalue weighted by molar-refractivity contribution is 8.00. The van der Waals surface area contributed by atoms with Crippen molar-refractivity contribution in [2.75, 3.05) is 17.7 Å². The quantitative estimate of drug-likeness (QED) is 0.0888. The highest BCUT2D eigenvalue weighted by atomic mass is 35.5. The van der Waals surface area contributed by atoms with Crippen LogP contribution < -0.4 is 20.7 Å². The molecule has 9 heteroatoms. The van der Waals surface area contributed by atoms with Crippen LogP contribution in [0.3, 0.4) is 0 Å². The summed E-state index contributed by atoms with van der Waals surface area (Å²) < 4.78 is 5.47. The molecule has 0 heterocycles. The molecular formula is C41H38ClN3O4S. The number of methoxy groups -OCH3 is 1. The second-order valence-corrected chi connectivity index (χ2v) is 13.5. The Balaban J connectivity index is 1.35. The third-order valence-corrected chi connectivity index (χ3v) is 9.56. The maximum absolute atomic E-state index is 13.7. The Morgan fingerprint density at radius 3 is 2.04 bits per heavy atom. The van der Waals surface area contributed by atoms with Gasteiger partial charge in [0, 0.05) is 27.2 Å². The fourth-order valence-electron chi connectivity index (χ4n) is 5.07. The average molecular weight is 704 g/mol. The van der Waals surface area contributed by atoms with Gasteiger partial charge in [-0.2, -0.15) is 0 Å². The predicted molar refractivity (Wildman–Crippen MR) is 204 cm³/mol. The van der Waals surface area contributed by atoms with Crippen LogP contribution in [-0.2, 0) is 9.59 Å². The number of nitrogens with one attached hydrogen (secondary N) is 3. The molecule has 5 aromatic carbocycles. The second kappa shape index (κ2) is 16.9. The Bertz CT molecular complexity index is 1980. The first kappa shape index (κ1) is 36.0. The first-order valence-electron chi connectivity index (χ1n) is 16.1. The highest BCUT2D eigenvalue weighted by Gasteiger charge is 2.24. The molecule has 0 aliphatic carbocycles. The Morgan fingerprint density at radius 2 is 1.42 bits per heavy atom. The number of carbonyl (C=O) groups is 3. The molecule has 3 N–H and O–H groups in total. The summed E-state index contributed by atoms with van der Waals surface area (Å²) in [5.74, 6) is -0.273. The van der Waals surface area contributed by atoms with Crippen molar-refractivity contribution in [2.45, 2.75) is 36.8 Å². The Kier molecular flexibility index (Phi) is 12.1. The van der Waals surface area contributed by atoms with E-state index >= 15 is 0 Å². The minimum atomic E-state index is -0.595. The molecule has 5 aromatic rings. The molecule has 0 saturated carbocycles. The summed E-state index contributed by atoms with van der Waals surface area (Å²) in [4.78, 5) is 41.2. The largest absolute Gasteiger partial charge is 0.495 e. The number of carbonyl (C=O) groups excluding carboxylic acids is 3. The van der Waals surface area contributed by atoms with Gasteiger partial charge in [-0.3, -0.25) is 14.4 Å². The number of thioether (sulfide) groups is 1. The topological polar surface area (TPSA) is 96.5 Å². The van der Waals surface area contributed by atoms with Gasteiger partial charge in [-0.25, -0.2) is 0 Å². The van der Waals surface area contributed by atoms with Crippen molar-refractivity contribution in [1.29, 1.82) is 0 Å². The number of aryl methyl sites for hydroxylation is 1. The first-order chi connectivity index (χ1) is 24.1. The van der Waals surface area contributed by atoms with Gasteiger partial charge in [0.2, 0.25) is 5.91 Å². The van der Waals surface area contributed by atoms with E-state index in [1.165, 1.54) is 24.4 Å².